The third kappa shape index (κ3) is 3.29. The molecule has 0 amide bonds. The molecule has 27 heavy (non-hydrogen) atoms. The third-order valence-electron chi connectivity index (χ3n) is 4.18. The lowest BCUT2D eigenvalue weighted by atomic mass is 10.2. The van der Waals surface area contributed by atoms with Gasteiger partial charge in [-0.05, 0) is 36.8 Å². The predicted octanol–water partition coefficient (Wildman–Crippen LogP) is 4.19. The van der Waals surface area contributed by atoms with Crippen molar-refractivity contribution in [3.63, 3.8) is 0 Å². The van der Waals surface area contributed by atoms with Gasteiger partial charge in [-0.3, -0.25) is 0 Å². The molecule has 136 valence electrons. The zero-order chi connectivity index (χ0) is 18.8. The molecule has 8 heteroatoms. The first-order valence-corrected chi connectivity index (χ1v) is 8.94. The van der Waals surface area contributed by atoms with Crippen LogP contribution in [0.2, 0.25) is 5.02 Å². The summed E-state index contributed by atoms with van der Waals surface area (Å²) in [4.78, 5) is 4.57. The fourth-order valence-corrected chi connectivity index (χ4v) is 3.15. The number of anilines is 1. The van der Waals surface area contributed by atoms with Crippen molar-refractivity contribution < 1.29 is 5.11 Å². The number of phenols is 1. The quantitative estimate of drug-likeness (QED) is 0.400. The van der Waals surface area contributed by atoms with Crippen LogP contribution in [0.3, 0.4) is 0 Å². The van der Waals surface area contributed by atoms with E-state index in [0.29, 0.717) is 16.1 Å². The molecule has 0 aliphatic heterocycles. The molecular formula is C19H17ClN6O. The largest absolute Gasteiger partial charge is 0.507 e. The number of hydrogen-bond acceptors (Lipinski definition) is 6. The van der Waals surface area contributed by atoms with Crippen LogP contribution >= 0.6 is 11.6 Å². The summed E-state index contributed by atoms with van der Waals surface area (Å²) in [5.41, 5.74) is 5.82. The molecular weight excluding hydrogens is 364 g/mol. The van der Waals surface area contributed by atoms with Crippen molar-refractivity contribution in [2.75, 3.05) is 5.43 Å². The van der Waals surface area contributed by atoms with Crippen molar-refractivity contribution in [3.05, 3.63) is 53.1 Å². The molecule has 0 unspecified atom stereocenters. The topological polar surface area (TPSA) is 88.2 Å². The van der Waals surface area contributed by atoms with E-state index in [2.05, 4.69) is 37.2 Å². The van der Waals surface area contributed by atoms with E-state index in [1.165, 1.54) is 6.21 Å². The van der Waals surface area contributed by atoms with Crippen LogP contribution in [0.1, 0.15) is 18.9 Å². The molecule has 0 saturated heterocycles. The number of para-hydroxylation sites is 1. The number of nitrogens with one attached hydrogen (secondary N) is 1. The molecule has 2 aromatic carbocycles. The number of halogens is 1. The molecule has 0 aliphatic rings. The number of hydrazone groups is 1. The van der Waals surface area contributed by atoms with E-state index in [4.69, 9.17) is 11.6 Å². The van der Waals surface area contributed by atoms with Gasteiger partial charge in [-0.1, -0.05) is 30.7 Å². The van der Waals surface area contributed by atoms with Gasteiger partial charge in [0.1, 0.15) is 11.3 Å². The van der Waals surface area contributed by atoms with E-state index in [1.54, 1.807) is 18.2 Å². The zero-order valence-corrected chi connectivity index (χ0v) is 15.4. The monoisotopic (exact) mass is 380 g/mol. The van der Waals surface area contributed by atoms with Crippen LogP contribution in [0.4, 0.5) is 5.95 Å². The number of nitrogens with zero attached hydrogens (tertiary/aromatic N) is 5. The van der Waals surface area contributed by atoms with Gasteiger partial charge in [0.05, 0.1) is 11.7 Å². The SMILES string of the molecule is CCCn1c2ccc(Cl)cc2c2nnc(N/N=C/c3ccccc3O)nc21. The van der Waals surface area contributed by atoms with E-state index in [1.807, 2.05) is 24.3 Å². The molecule has 0 spiro atoms. The number of rotatable bonds is 5. The summed E-state index contributed by atoms with van der Waals surface area (Å²) < 4.78 is 2.10. The first-order chi connectivity index (χ1) is 13.2. The highest BCUT2D eigenvalue weighted by Crippen LogP contribution is 2.29. The van der Waals surface area contributed by atoms with Crippen LogP contribution < -0.4 is 5.43 Å². The number of benzene rings is 2. The van der Waals surface area contributed by atoms with Crippen LogP contribution in [-0.4, -0.2) is 31.1 Å². The second-order valence-corrected chi connectivity index (χ2v) is 6.49. The first kappa shape index (κ1) is 17.2. The Hall–Kier alpha value is -3.19. The van der Waals surface area contributed by atoms with Gasteiger partial charge in [0, 0.05) is 22.5 Å². The number of phenolic OH excluding ortho intramolecular Hbond substituents is 1. The van der Waals surface area contributed by atoms with Crippen LogP contribution in [0.5, 0.6) is 5.75 Å². The highest BCUT2D eigenvalue weighted by molar-refractivity contribution is 6.31. The lowest BCUT2D eigenvalue weighted by Gasteiger charge is -2.04. The van der Waals surface area contributed by atoms with Crippen molar-refractivity contribution in [2.45, 2.75) is 19.9 Å². The summed E-state index contributed by atoms with van der Waals surface area (Å²) in [6.45, 7) is 2.92. The number of fused-ring (bicyclic) bond motifs is 3. The van der Waals surface area contributed by atoms with Gasteiger partial charge < -0.3 is 9.67 Å². The molecule has 0 radical (unpaired) electrons. The van der Waals surface area contributed by atoms with Gasteiger partial charge in [-0.2, -0.15) is 10.1 Å². The van der Waals surface area contributed by atoms with Gasteiger partial charge in [0.2, 0.25) is 0 Å². The first-order valence-electron chi connectivity index (χ1n) is 8.56. The lowest BCUT2D eigenvalue weighted by Crippen LogP contribution is -2.03. The molecule has 0 fully saturated rings. The summed E-state index contributed by atoms with van der Waals surface area (Å²) in [6.07, 6.45) is 2.46. The second kappa shape index (κ2) is 7.20. The molecule has 0 saturated carbocycles. The minimum atomic E-state index is 0.150. The summed E-state index contributed by atoms with van der Waals surface area (Å²) in [5.74, 6) is 0.429. The van der Waals surface area contributed by atoms with E-state index < -0.39 is 0 Å². The van der Waals surface area contributed by atoms with Crippen LogP contribution in [0.25, 0.3) is 22.1 Å². The smallest absolute Gasteiger partial charge is 0.265 e. The summed E-state index contributed by atoms with van der Waals surface area (Å²) in [5, 5.41) is 23.9. The molecule has 2 aromatic heterocycles. The predicted molar refractivity (Wildman–Crippen MR) is 107 cm³/mol. The summed E-state index contributed by atoms with van der Waals surface area (Å²) in [6, 6.07) is 12.6. The molecule has 0 atom stereocenters. The number of aryl methyl sites for hydroxylation is 1. The maximum atomic E-state index is 9.77. The van der Waals surface area contributed by atoms with Crippen molar-refractivity contribution in [3.8, 4) is 5.75 Å². The van der Waals surface area contributed by atoms with Gasteiger partial charge in [-0.15, -0.1) is 10.2 Å². The van der Waals surface area contributed by atoms with E-state index in [-0.39, 0.29) is 11.7 Å². The van der Waals surface area contributed by atoms with Gasteiger partial charge in [0.15, 0.2) is 5.65 Å². The fourth-order valence-electron chi connectivity index (χ4n) is 2.98. The van der Waals surface area contributed by atoms with Crippen LogP contribution in [0, 0.1) is 0 Å². The molecule has 2 heterocycles. The molecule has 0 bridgehead atoms. The van der Waals surface area contributed by atoms with Gasteiger partial charge >= 0.3 is 0 Å². The molecule has 0 aliphatic carbocycles. The minimum Gasteiger partial charge on any atom is -0.507 e. The zero-order valence-electron chi connectivity index (χ0n) is 14.6. The van der Waals surface area contributed by atoms with Crippen LogP contribution in [-0.2, 0) is 6.54 Å². The molecule has 2 N–H and O–H groups in total. The minimum absolute atomic E-state index is 0.150. The summed E-state index contributed by atoms with van der Waals surface area (Å²) >= 11 is 6.15. The molecule has 4 rings (SSSR count). The van der Waals surface area contributed by atoms with Crippen molar-refractivity contribution >= 4 is 45.8 Å². The third-order valence-corrected chi connectivity index (χ3v) is 4.42. The second-order valence-electron chi connectivity index (χ2n) is 6.05. The van der Waals surface area contributed by atoms with Crippen molar-refractivity contribution in [2.24, 2.45) is 5.10 Å². The highest BCUT2D eigenvalue weighted by Gasteiger charge is 2.14. The van der Waals surface area contributed by atoms with Crippen LogP contribution in [0.15, 0.2) is 47.6 Å². The highest BCUT2D eigenvalue weighted by atomic mass is 35.5. The van der Waals surface area contributed by atoms with E-state index in [0.717, 1.165) is 29.5 Å². The maximum Gasteiger partial charge on any atom is 0.265 e. The molecule has 7 nitrogen and oxygen atoms in total. The fraction of sp³-hybridized carbons (Fsp3) is 0.158. The van der Waals surface area contributed by atoms with E-state index in [9.17, 15) is 5.11 Å². The maximum absolute atomic E-state index is 9.77. The Labute approximate surface area is 160 Å². The number of aromatic hydroxyl groups is 1. The normalized spacial score (nSPS) is 11.6. The lowest BCUT2D eigenvalue weighted by molar-refractivity contribution is 0.474. The Kier molecular flexibility index (Phi) is 4.60. The number of hydrogen-bond donors (Lipinski definition) is 2. The number of aromatic nitrogens is 4. The molecule has 4 aromatic rings. The Morgan fingerprint density at radius 2 is 2.07 bits per heavy atom. The van der Waals surface area contributed by atoms with Gasteiger partial charge in [0.25, 0.3) is 5.95 Å². The Bertz CT molecular complexity index is 1150. The summed E-state index contributed by atoms with van der Waals surface area (Å²) in [7, 11) is 0. The Balaban J connectivity index is 1.72. The average Bonchev–Trinajstić information content (AvgIpc) is 2.96. The van der Waals surface area contributed by atoms with E-state index >= 15 is 0 Å². The Morgan fingerprint density at radius 1 is 1.22 bits per heavy atom. The Morgan fingerprint density at radius 3 is 2.89 bits per heavy atom. The van der Waals surface area contributed by atoms with Gasteiger partial charge in [-0.25, -0.2) is 5.43 Å². The van der Waals surface area contributed by atoms with Crippen molar-refractivity contribution in [1.29, 1.82) is 0 Å². The average molecular weight is 381 g/mol. The van der Waals surface area contributed by atoms with Crippen molar-refractivity contribution in [1.82, 2.24) is 19.7 Å². The standard InChI is InChI=1S/C19H17ClN6O/c1-2-9-26-15-8-7-13(20)10-14(15)17-18(26)22-19(25-23-17)24-21-11-12-5-3-4-6-16(12)27/h3-8,10-11,27H,2,9H2,1H3,(H,22,24,25)/b21-11+.